The van der Waals surface area contributed by atoms with Crippen molar-refractivity contribution in [2.75, 3.05) is 24.5 Å². The number of nitrogens with one attached hydrogen (secondary N) is 1. The summed E-state index contributed by atoms with van der Waals surface area (Å²) < 4.78 is 13.5. The van der Waals surface area contributed by atoms with Crippen LogP contribution in [-0.4, -0.2) is 19.6 Å². The van der Waals surface area contributed by atoms with Gasteiger partial charge in [0.2, 0.25) is 0 Å². The molecule has 0 radical (unpaired) electrons. The van der Waals surface area contributed by atoms with Crippen LogP contribution in [0, 0.1) is 17.7 Å². The minimum absolute atomic E-state index is 0.139. The second-order valence-electron chi connectivity index (χ2n) is 6.49. The van der Waals surface area contributed by atoms with E-state index in [1.54, 1.807) is 12.1 Å². The van der Waals surface area contributed by atoms with Crippen LogP contribution in [0.3, 0.4) is 0 Å². The summed E-state index contributed by atoms with van der Waals surface area (Å²) in [7, 11) is 0. The zero-order chi connectivity index (χ0) is 14.5. The second-order valence-corrected chi connectivity index (χ2v) is 6.49. The number of nitrogens with zero attached hydrogens (tertiary/aromatic N) is 1. The summed E-state index contributed by atoms with van der Waals surface area (Å²) in [6, 6.07) is 5.21. The Kier molecular flexibility index (Phi) is 5.41. The van der Waals surface area contributed by atoms with E-state index >= 15 is 0 Å². The number of rotatable bonds is 5. The van der Waals surface area contributed by atoms with Crippen LogP contribution in [0.5, 0.6) is 0 Å². The molecule has 0 amide bonds. The molecule has 1 N–H and O–H groups in total. The molecule has 1 aliphatic heterocycles. The molecule has 1 atom stereocenters. The van der Waals surface area contributed by atoms with Crippen LogP contribution in [0.1, 0.15) is 39.2 Å². The highest BCUT2D eigenvalue weighted by Gasteiger charge is 2.19. The third-order valence-electron chi connectivity index (χ3n) is 3.91. The third kappa shape index (κ3) is 4.20. The van der Waals surface area contributed by atoms with E-state index in [2.05, 4.69) is 31.0 Å². The van der Waals surface area contributed by atoms with E-state index in [-0.39, 0.29) is 5.82 Å². The van der Waals surface area contributed by atoms with Gasteiger partial charge in [-0.15, -0.1) is 0 Å². The van der Waals surface area contributed by atoms with E-state index in [0.717, 1.165) is 37.7 Å². The Morgan fingerprint density at radius 2 is 2.20 bits per heavy atom. The zero-order valence-corrected chi connectivity index (χ0v) is 13.0. The van der Waals surface area contributed by atoms with Gasteiger partial charge in [0.05, 0.1) is 0 Å². The number of hydrogen-bond donors (Lipinski definition) is 1. The van der Waals surface area contributed by atoms with Gasteiger partial charge in [0, 0.05) is 25.3 Å². The average molecular weight is 278 g/mol. The molecular weight excluding hydrogens is 251 g/mol. The van der Waals surface area contributed by atoms with Crippen LogP contribution >= 0.6 is 0 Å². The Balaban J connectivity index is 2.10. The van der Waals surface area contributed by atoms with E-state index in [1.165, 1.54) is 18.5 Å². The Hall–Kier alpha value is -1.09. The highest BCUT2D eigenvalue weighted by molar-refractivity contribution is 5.54. The van der Waals surface area contributed by atoms with E-state index in [4.69, 9.17) is 0 Å². The maximum atomic E-state index is 13.5. The summed E-state index contributed by atoms with van der Waals surface area (Å²) in [5.74, 6) is 1.20. The van der Waals surface area contributed by atoms with Crippen molar-refractivity contribution in [3.05, 3.63) is 29.6 Å². The number of anilines is 1. The fourth-order valence-electron chi connectivity index (χ4n) is 2.91. The predicted molar refractivity (Wildman–Crippen MR) is 83.6 cm³/mol. The average Bonchev–Trinajstić information content (AvgIpc) is 2.38. The van der Waals surface area contributed by atoms with Gasteiger partial charge < -0.3 is 10.2 Å². The van der Waals surface area contributed by atoms with Crippen molar-refractivity contribution >= 4 is 5.69 Å². The van der Waals surface area contributed by atoms with Gasteiger partial charge in [0.15, 0.2) is 0 Å². The van der Waals surface area contributed by atoms with Crippen LogP contribution in [0.4, 0.5) is 10.1 Å². The van der Waals surface area contributed by atoms with E-state index in [9.17, 15) is 4.39 Å². The standard InChI is InChI=1S/C17H27FN2/c1-13(2)10-19-11-15-9-16(18)6-7-17(15)20-8-4-5-14(3)12-20/h6-7,9,13-14,19H,4-5,8,10-12H2,1-3H3. The first-order valence-electron chi connectivity index (χ1n) is 7.80. The topological polar surface area (TPSA) is 15.3 Å². The van der Waals surface area contributed by atoms with Crippen molar-refractivity contribution in [3.63, 3.8) is 0 Å². The van der Waals surface area contributed by atoms with Gasteiger partial charge in [0.25, 0.3) is 0 Å². The lowest BCUT2D eigenvalue weighted by Gasteiger charge is -2.34. The number of halogens is 1. The molecule has 112 valence electrons. The van der Waals surface area contributed by atoms with Crippen molar-refractivity contribution < 1.29 is 4.39 Å². The van der Waals surface area contributed by atoms with Gasteiger partial charge in [-0.2, -0.15) is 0 Å². The second kappa shape index (κ2) is 7.07. The number of hydrogen-bond acceptors (Lipinski definition) is 2. The summed E-state index contributed by atoms with van der Waals surface area (Å²) >= 11 is 0. The molecule has 2 rings (SSSR count). The molecule has 1 aromatic carbocycles. The van der Waals surface area contributed by atoms with Crippen molar-refractivity contribution in [2.45, 2.75) is 40.2 Å². The molecule has 1 unspecified atom stereocenters. The molecule has 3 heteroatoms. The fraction of sp³-hybridized carbons (Fsp3) is 0.647. The first kappa shape index (κ1) is 15.3. The molecule has 0 saturated carbocycles. The Morgan fingerprint density at radius 1 is 1.40 bits per heavy atom. The van der Waals surface area contributed by atoms with Gasteiger partial charge in [-0.05, 0) is 55.0 Å². The maximum absolute atomic E-state index is 13.5. The molecule has 1 saturated heterocycles. The molecule has 0 bridgehead atoms. The molecule has 2 nitrogen and oxygen atoms in total. The Labute approximate surface area is 122 Å². The molecule has 1 aliphatic rings. The molecule has 0 spiro atoms. The molecule has 1 aromatic rings. The summed E-state index contributed by atoms with van der Waals surface area (Å²) in [6.45, 7) is 10.6. The van der Waals surface area contributed by atoms with E-state index in [1.807, 2.05) is 6.07 Å². The van der Waals surface area contributed by atoms with Crippen molar-refractivity contribution in [1.82, 2.24) is 5.32 Å². The quantitative estimate of drug-likeness (QED) is 0.881. The van der Waals surface area contributed by atoms with Crippen LogP contribution in [0.25, 0.3) is 0 Å². The summed E-state index contributed by atoms with van der Waals surface area (Å²) in [5.41, 5.74) is 2.29. The minimum atomic E-state index is -0.139. The van der Waals surface area contributed by atoms with Crippen LogP contribution in [-0.2, 0) is 6.54 Å². The summed E-state index contributed by atoms with van der Waals surface area (Å²) in [5, 5.41) is 3.43. The van der Waals surface area contributed by atoms with Crippen molar-refractivity contribution in [2.24, 2.45) is 11.8 Å². The predicted octanol–water partition coefficient (Wildman–Crippen LogP) is 3.81. The van der Waals surface area contributed by atoms with Crippen LogP contribution in [0.2, 0.25) is 0 Å². The lowest BCUT2D eigenvalue weighted by atomic mass is 9.98. The molecule has 0 aromatic heterocycles. The third-order valence-corrected chi connectivity index (χ3v) is 3.91. The van der Waals surface area contributed by atoms with Gasteiger partial charge in [0.1, 0.15) is 5.82 Å². The smallest absolute Gasteiger partial charge is 0.123 e. The zero-order valence-electron chi connectivity index (χ0n) is 13.0. The highest BCUT2D eigenvalue weighted by atomic mass is 19.1. The number of benzene rings is 1. The fourth-order valence-corrected chi connectivity index (χ4v) is 2.91. The van der Waals surface area contributed by atoms with Crippen LogP contribution in [0.15, 0.2) is 18.2 Å². The van der Waals surface area contributed by atoms with Crippen LogP contribution < -0.4 is 10.2 Å². The Morgan fingerprint density at radius 3 is 2.90 bits per heavy atom. The van der Waals surface area contributed by atoms with Gasteiger partial charge >= 0.3 is 0 Å². The first-order valence-corrected chi connectivity index (χ1v) is 7.80. The van der Waals surface area contributed by atoms with E-state index < -0.39 is 0 Å². The van der Waals surface area contributed by atoms with Crippen molar-refractivity contribution in [3.8, 4) is 0 Å². The molecule has 20 heavy (non-hydrogen) atoms. The molecule has 1 heterocycles. The first-order chi connectivity index (χ1) is 9.56. The molecule has 1 fully saturated rings. The summed E-state index contributed by atoms with van der Waals surface area (Å²) in [6.07, 6.45) is 2.54. The molecule has 0 aliphatic carbocycles. The number of piperidine rings is 1. The monoisotopic (exact) mass is 278 g/mol. The van der Waals surface area contributed by atoms with Gasteiger partial charge in [-0.1, -0.05) is 20.8 Å². The molecular formula is C17H27FN2. The van der Waals surface area contributed by atoms with Crippen molar-refractivity contribution in [1.29, 1.82) is 0 Å². The normalized spacial score (nSPS) is 19.6. The largest absolute Gasteiger partial charge is 0.371 e. The highest BCUT2D eigenvalue weighted by Crippen LogP contribution is 2.27. The minimum Gasteiger partial charge on any atom is -0.371 e. The van der Waals surface area contributed by atoms with Gasteiger partial charge in [-0.25, -0.2) is 4.39 Å². The van der Waals surface area contributed by atoms with E-state index in [0.29, 0.717) is 5.92 Å². The lowest BCUT2D eigenvalue weighted by Crippen LogP contribution is -2.35. The SMILES string of the molecule is CC(C)CNCc1cc(F)ccc1N1CCCC(C)C1. The van der Waals surface area contributed by atoms with Gasteiger partial charge in [-0.3, -0.25) is 0 Å². The lowest BCUT2D eigenvalue weighted by molar-refractivity contribution is 0.445. The maximum Gasteiger partial charge on any atom is 0.123 e. The summed E-state index contributed by atoms with van der Waals surface area (Å²) in [4.78, 5) is 2.42. The Bertz CT molecular complexity index is 431.